The summed E-state index contributed by atoms with van der Waals surface area (Å²) in [4.78, 5) is 0. The van der Waals surface area contributed by atoms with Gasteiger partial charge < -0.3 is 10.1 Å². The van der Waals surface area contributed by atoms with Crippen LogP contribution in [0.4, 0.5) is 5.69 Å². The van der Waals surface area contributed by atoms with Crippen LogP contribution >= 0.6 is 0 Å². The van der Waals surface area contributed by atoms with E-state index in [0.29, 0.717) is 5.92 Å². The van der Waals surface area contributed by atoms with Gasteiger partial charge in [-0.3, -0.25) is 0 Å². The molecular weight excluding hydrogens is 360 g/mol. The number of hydrogen-bond acceptors (Lipinski definition) is 4. The molecule has 6 heteroatoms. The lowest BCUT2D eigenvalue weighted by Gasteiger charge is -2.31. The first kappa shape index (κ1) is 22.0. The number of rotatable bonds is 6. The summed E-state index contributed by atoms with van der Waals surface area (Å²) in [5.41, 5.74) is 0.897. The van der Waals surface area contributed by atoms with E-state index in [1.54, 1.807) is 20.8 Å². The minimum absolute atomic E-state index is 0.0688. The van der Waals surface area contributed by atoms with Crippen LogP contribution in [0.25, 0.3) is 0 Å². The maximum absolute atomic E-state index is 12.3. The van der Waals surface area contributed by atoms with Crippen molar-refractivity contribution in [1.29, 1.82) is 0 Å². The zero-order chi connectivity index (χ0) is 20.3. The highest BCUT2D eigenvalue weighted by Crippen LogP contribution is 2.27. The van der Waals surface area contributed by atoms with Gasteiger partial charge in [-0.05, 0) is 97.4 Å². The van der Waals surface area contributed by atoms with Crippen molar-refractivity contribution < 1.29 is 13.2 Å². The second kappa shape index (κ2) is 8.39. The summed E-state index contributed by atoms with van der Waals surface area (Å²) >= 11 is 0. The maximum Gasteiger partial charge on any atom is 0.216 e. The van der Waals surface area contributed by atoms with E-state index >= 15 is 0 Å². The largest absolute Gasteiger partial charge is 0.488 e. The molecule has 0 aromatic heterocycles. The molecule has 27 heavy (non-hydrogen) atoms. The zero-order valence-electron chi connectivity index (χ0n) is 17.6. The van der Waals surface area contributed by atoms with E-state index in [0.717, 1.165) is 43.7 Å². The molecule has 0 heterocycles. The van der Waals surface area contributed by atoms with Gasteiger partial charge in [0.15, 0.2) is 0 Å². The van der Waals surface area contributed by atoms with Gasteiger partial charge in [-0.15, -0.1) is 0 Å². The summed E-state index contributed by atoms with van der Waals surface area (Å²) < 4.78 is 32.6. The molecule has 1 aromatic rings. The van der Waals surface area contributed by atoms with Crippen LogP contribution in [0.3, 0.4) is 0 Å². The molecule has 0 amide bonds. The van der Waals surface area contributed by atoms with Gasteiger partial charge in [0.25, 0.3) is 0 Å². The highest BCUT2D eigenvalue weighted by atomic mass is 32.2. The third-order valence-corrected chi connectivity index (χ3v) is 7.10. The quantitative estimate of drug-likeness (QED) is 0.740. The number of hydrogen-bond donors (Lipinski definition) is 2. The van der Waals surface area contributed by atoms with Gasteiger partial charge >= 0.3 is 0 Å². The molecule has 0 radical (unpaired) electrons. The lowest BCUT2D eigenvalue weighted by molar-refractivity contribution is 0.131. The first-order chi connectivity index (χ1) is 12.4. The summed E-state index contributed by atoms with van der Waals surface area (Å²) in [5, 5.41) is 3.50. The SMILES string of the molecule is CC(C)(C)Oc1ccc(NCC2CCC(NS(=O)(=O)C(C)(C)C)CC2)cc1. The Bertz CT molecular complexity index is 692. The Labute approximate surface area is 165 Å². The van der Waals surface area contributed by atoms with Crippen LogP contribution in [-0.4, -0.2) is 31.4 Å². The Morgan fingerprint density at radius 2 is 1.52 bits per heavy atom. The molecule has 0 saturated heterocycles. The first-order valence-corrected chi connectivity index (χ1v) is 11.4. The molecule has 0 bridgehead atoms. The third kappa shape index (κ3) is 7.00. The smallest absolute Gasteiger partial charge is 0.216 e. The van der Waals surface area contributed by atoms with E-state index in [1.807, 2.05) is 45.0 Å². The molecule has 1 aromatic carbocycles. The number of ether oxygens (including phenoxy) is 1. The predicted molar refractivity (Wildman–Crippen MR) is 113 cm³/mol. The Morgan fingerprint density at radius 3 is 2.00 bits per heavy atom. The third-order valence-electron chi connectivity index (χ3n) is 4.85. The van der Waals surface area contributed by atoms with Crippen molar-refractivity contribution in [2.75, 3.05) is 11.9 Å². The molecule has 5 nitrogen and oxygen atoms in total. The number of anilines is 1. The van der Waals surface area contributed by atoms with Crippen molar-refractivity contribution >= 4 is 15.7 Å². The molecular formula is C21H36N2O3S. The summed E-state index contributed by atoms with van der Waals surface area (Å²) in [7, 11) is -3.26. The molecule has 0 spiro atoms. The molecule has 1 fully saturated rings. The summed E-state index contributed by atoms with van der Waals surface area (Å²) in [6.45, 7) is 12.2. The van der Waals surface area contributed by atoms with Crippen molar-refractivity contribution in [2.24, 2.45) is 5.92 Å². The van der Waals surface area contributed by atoms with Gasteiger partial charge in [-0.1, -0.05) is 0 Å². The number of benzene rings is 1. The van der Waals surface area contributed by atoms with Crippen molar-refractivity contribution in [1.82, 2.24) is 4.72 Å². The Hall–Kier alpha value is -1.27. The van der Waals surface area contributed by atoms with Crippen LogP contribution in [0.5, 0.6) is 5.75 Å². The number of nitrogens with one attached hydrogen (secondary N) is 2. The molecule has 2 N–H and O–H groups in total. The lowest BCUT2D eigenvalue weighted by Crippen LogP contribution is -2.46. The van der Waals surface area contributed by atoms with E-state index < -0.39 is 14.8 Å². The van der Waals surface area contributed by atoms with Crippen LogP contribution in [0, 0.1) is 5.92 Å². The minimum Gasteiger partial charge on any atom is -0.488 e. The van der Waals surface area contributed by atoms with Gasteiger partial charge in [0.1, 0.15) is 11.4 Å². The zero-order valence-corrected chi connectivity index (χ0v) is 18.4. The van der Waals surface area contributed by atoms with Crippen LogP contribution in [0.1, 0.15) is 67.2 Å². The molecule has 1 saturated carbocycles. The normalized spacial score (nSPS) is 21.7. The molecule has 0 atom stereocenters. The van der Waals surface area contributed by atoms with Crippen molar-refractivity contribution in [2.45, 2.75) is 83.6 Å². The molecule has 0 aliphatic heterocycles. The van der Waals surface area contributed by atoms with E-state index in [9.17, 15) is 8.42 Å². The molecule has 1 aliphatic carbocycles. The fourth-order valence-electron chi connectivity index (χ4n) is 3.14. The minimum atomic E-state index is -3.26. The summed E-state index contributed by atoms with van der Waals surface area (Å²) in [6, 6.07) is 8.14. The standard InChI is InChI=1S/C21H36N2O3S/c1-20(2,3)26-19-13-11-17(12-14-19)22-15-16-7-9-18(10-8-16)23-27(24,25)21(4,5)6/h11-14,16,18,22-23H,7-10,15H2,1-6H3. The topological polar surface area (TPSA) is 67.4 Å². The Kier molecular flexibility index (Phi) is 6.85. The van der Waals surface area contributed by atoms with Gasteiger partial charge in [0, 0.05) is 18.3 Å². The van der Waals surface area contributed by atoms with Gasteiger partial charge in [0.05, 0.1) is 4.75 Å². The molecule has 1 aliphatic rings. The fourth-order valence-corrected chi connectivity index (χ4v) is 4.17. The molecule has 2 rings (SSSR count). The second-order valence-electron chi connectivity index (χ2n) is 9.57. The fraction of sp³-hybridized carbons (Fsp3) is 0.714. The summed E-state index contributed by atoms with van der Waals surface area (Å²) in [6.07, 6.45) is 3.88. The maximum atomic E-state index is 12.3. The van der Waals surface area contributed by atoms with E-state index in [4.69, 9.17) is 4.74 Å². The molecule has 0 unspecified atom stereocenters. The number of sulfonamides is 1. The first-order valence-electron chi connectivity index (χ1n) is 9.90. The van der Waals surface area contributed by atoms with Crippen molar-refractivity contribution in [3.63, 3.8) is 0 Å². The Balaban J connectivity index is 1.76. The van der Waals surface area contributed by atoms with E-state index in [1.165, 1.54) is 0 Å². The van der Waals surface area contributed by atoms with Crippen LogP contribution in [0.2, 0.25) is 0 Å². The lowest BCUT2D eigenvalue weighted by atomic mass is 9.86. The van der Waals surface area contributed by atoms with Gasteiger partial charge in [-0.25, -0.2) is 13.1 Å². The Morgan fingerprint density at radius 1 is 0.963 bits per heavy atom. The second-order valence-corrected chi connectivity index (χ2v) is 12.0. The summed E-state index contributed by atoms with van der Waals surface area (Å²) in [5.74, 6) is 1.45. The van der Waals surface area contributed by atoms with Gasteiger partial charge in [0.2, 0.25) is 10.0 Å². The van der Waals surface area contributed by atoms with Crippen LogP contribution < -0.4 is 14.8 Å². The van der Waals surface area contributed by atoms with Crippen molar-refractivity contribution in [3.05, 3.63) is 24.3 Å². The highest BCUT2D eigenvalue weighted by Gasteiger charge is 2.32. The van der Waals surface area contributed by atoms with Gasteiger partial charge in [-0.2, -0.15) is 0 Å². The molecule has 154 valence electrons. The highest BCUT2D eigenvalue weighted by molar-refractivity contribution is 7.90. The monoisotopic (exact) mass is 396 g/mol. The average Bonchev–Trinajstić information content (AvgIpc) is 2.53. The average molecular weight is 397 g/mol. The van der Waals surface area contributed by atoms with E-state index in [2.05, 4.69) is 10.0 Å². The van der Waals surface area contributed by atoms with Crippen molar-refractivity contribution in [3.8, 4) is 5.75 Å². The van der Waals surface area contributed by atoms with Crippen LogP contribution in [0.15, 0.2) is 24.3 Å². The predicted octanol–water partition coefficient (Wildman–Crippen LogP) is 4.55. The van der Waals surface area contributed by atoms with Crippen LogP contribution in [-0.2, 0) is 10.0 Å². The van der Waals surface area contributed by atoms with E-state index in [-0.39, 0.29) is 11.6 Å².